The summed E-state index contributed by atoms with van der Waals surface area (Å²) in [5.74, 6) is 0. The zero-order chi connectivity index (χ0) is 15.9. The SMILES string of the molecule is C[Si](C)(C)c1cc2c(s1)-c1sc([Si](C)(C)C)cc1[Si]21CCC1. The Bertz CT molecular complexity index is 692. The molecule has 0 atom stereocenters. The highest BCUT2D eigenvalue weighted by Crippen LogP contribution is 2.44. The molecule has 0 radical (unpaired) electrons. The summed E-state index contributed by atoms with van der Waals surface area (Å²) in [6.45, 7) is 15.0. The molecule has 2 aromatic rings. The third kappa shape index (κ3) is 2.02. The highest BCUT2D eigenvalue weighted by atomic mass is 32.1. The van der Waals surface area contributed by atoms with Crippen molar-refractivity contribution in [2.24, 2.45) is 0 Å². The smallest absolute Gasteiger partial charge is 0.122 e. The van der Waals surface area contributed by atoms with Crippen LogP contribution in [-0.2, 0) is 0 Å². The molecule has 22 heavy (non-hydrogen) atoms. The van der Waals surface area contributed by atoms with Crippen LogP contribution in [0.3, 0.4) is 0 Å². The van der Waals surface area contributed by atoms with E-state index < -0.39 is 24.2 Å². The Labute approximate surface area is 145 Å². The van der Waals surface area contributed by atoms with Gasteiger partial charge in [-0.3, -0.25) is 0 Å². The molecule has 5 heteroatoms. The average Bonchev–Trinajstić information content (AvgIpc) is 2.90. The molecule has 0 unspecified atom stereocenters. The Balaban J connectivity index is 1.93. The molecule has 0 N–H and O–H groups in total. The van der Waals surface area contributed by atoms with E-state index in [0.29, 0.717) is 0 Å². The number of hydrogen-bond acceptors (Lipinski definition) is 2. The lowest BCUT2D eigenvalue weighted by Crippen LogP contribution is -2.60. The summed E-state index contributed by atoms with van der Waals surface area (Å²) >= 11 is 4.34. The van der Waals surface area contributed by atoms with Gasteiger partial charge in [0.05, 0.1) is 16.1 Å². The molecule has 1 spiro atoms. The van der Waals surface area contributed by atoms with Crippen molar-refractivity contribution in [1.29, 1.82) is 0 Å². The lowest BCUT2D eigenvalue weighted by atomic mass is 10.4. The molecule has 0 bridgehead atoms. The molecule has 1 fully saturated rings. The van der Waals surface area contributed by atoms with Crippen molar-refractivity contribution in [3.63, 3.8) is 0 Å². The van der Waals surface area contributed by atoms with E-state index in [2.05, 4.69) is 74.1 Å². The van der Waals surface area contributed by atoms with Crippen LogP contribution in [-0.4, -0.2) is 24.2 Å². The van der Waals surface area contributed by atoms with Crippen LogP contribution in [0.2, 0.25) is 51.4 Å². The number of rotatable bonds is 2. The van der Waals surface area contributed by atoms with Crippen LogP contribution in [0.15, 0.2) is 12.1 Å². The fourth-order valence-corrected chi connectivity index (χ4v) is 16.3. The maximum absolute atomic E-state index is 2.68. The maximum atomic E-state index is 2.68. The summed E-state index contributed by atoms with van der Waals surface area (Å²) in [4.78, 5) is 3.43. The average molecular weight is 379 g/mol. The highest BCUT2D eigenvalue weighted by Gasteiger charge is 2.52. The van der Waals surface area contributed by atoms with Gasteiger partial charge in [-0.2, -0.15) is 0 Å². The normalized spacial score (nSPS) is 19.2. The van der Waals surface area contributed by atoms with Gasteiger partial charge in [0, 0.05) is 9.75 Å². The van der Waals surface area contributed by atoms with Gasteiger partial charge in [0.15, 0.2) is 0 Å². The first-order valence-corrected chi connectivity index (χ1v) is 19.5. The Morgan fingerprint density at radius 1 is 0.773 bits per heavy atom. The summed E-state index contributed by atoms with van der Waals surface area (Å²) < 4.78 is 3.48. The Morgan fingerprint density at radius 2 is 1.18 bits per heavy atom. The second-order valence-electron chi connectivity index (χ2n) is 9.14. The summed E-state index contributed by atoms with van der Waals surface area (Å²) in [5, 5.41) is 3.70. The van der Waals surface area contributed by atoms with Crippen molar-refractivity contribution in [3.05, 3.63) is 12.1 Å². The van der Waals surface area contributed by atoms with E-state index in [0.717, 1.165) is 0 Å². The van der Waals surface area contributed by atoms with E-state index in [-0.39, 0.29) is 0 Å². The first-order chi connectivity index (χ1) is 10.1. The molecule has 4 rings (SSSR count). The van der Waals surface area contributed by atoms with Crippen molar-refractivity contribution in [3.8, 4) is 9.75 Å². The first kappa shape index (κ1) is 15.6. The Hall–Kier alpha value is 0.0506. The van der Waals surface area contributed by atoms with Crippen LogP contribution < -0.4 is 19.4 Å². The van der Waals surface area contributed by atoms with Gasteiger partial charge < -0.3 is 0 Å². The van der Waals surface area contributed by atoms with E-state index in [1.807, 2.05) is 10.4 Å². The molecule has 4 heterocycles. The minimum atomic E-state index is -1.27. The topological polar surface area (TPSA) is 0 Å². The first-order valence-electron chi connectivity index (χ1n) is 8.43. The minimum Gasteiger partial charge on any atom is -0.144 e. The molecular weight excluding hydrogens is 353 g/mol. The van der Waals surface area contributed by atoms with Gasteiger partial charge in [0.1, 0.15) is 8.07 Å². The third-order valence-electron chi connectivity index (χ3n) is 5.39. The van der Waals surface area contributed by atoms with Gasteiger partial charge in [0.2, 0.25) is 0 Å². The van der Waals surface area contributed by atoms with Crippen LogP contribution in [0.5, 0.6) is 0 Å². The van der Waals surface area contributed by atoms with Crippen molar-refractivity contribution in [2.75, 3.05) is 0 Å². The molecule has 1 saturated heterocycles. The molecule has 0 aliphatic carbocycles. The molecular formula is C17H26S2Si3. The minimum absolute atomic E-state index is 1.17. The zero-order valence-corrected chi connectivity index (χ0v) is 19.2. The fraction of sp³-hybridized carbons (Fsp3) is 0.529. The lowest BCUT2D eigenvalue weighted by molar-refractivity contribution is 0.931. The van der Waals surface area contributed by atoms with Crippen molar-refractivity contribution >= 4 is 66.3 Å². The van der Waals surface area contributed by atoms with Crippen LogP contribution >= 0.6 is 22.7 Å². The summed E-state index contributed by atoms with van der Waals surface area (Å²) in [6, 6.07) is 8.41. The van der Waals surface area contributed by atoms with E-state index in [1.165, 1.54) is 18.5 Å². The molecule has 118 valence electrons. The molecule has 0 saturated carbocycles. The molecule has 2 aromatic heterocycles. The molecule has 2 aliphatic heterocycles. The number of thiophene rings is 2. The van der Waals surface area contributed by atoms with Crippen LogP contribution in [0.4, 0.5) is 0 Å². The fourth-order valence-electron chi connectivity index (χ4n) is 3.78. The van der Waals surface area contributed by atoms with Crippen LogP contribution in [0.1, 0.15) is 6.42 Å². The van der Waals surface area contributed by atoms with Crippen molar-refractivity contribution in [2.45, 2.75) is 57.8 Å². The molecule has 0 nitrogen and oxygen atoms in total. The highest BCUT2D eigenvalue weighted by molar-refractivity contribution is 7.38. The standard InChI is InChI=1S/C17H26S2Si3/c1-20(2,3)14-10-12-16(18-14)17-13(22(12)8-7-9-22)11-15(19-17)21(4,5)6/h10-11H,7-9H2,1-6H3. The Kier molecular flexibility index (Phi) is 3.23. The quantitative estimate of drug-likeness (QED) is 0.696. The maximum Gasteiger partial charge on any atom is 0.122 e. The van der Waals surface area contributed by atoms with Gasteiger partial charge in [-0.15, -0.1) is 22.7 Å². The third-order valence-corrected chi connectivity index (χ3v) is 20.6. The van der Waals surface area contributed by atoms with E-state index in [9.17, 15) is 0 Å². The molecule has 0 amide bonds. The summed E-state index contributed by atoms with van der Waals surface area (Å²) in [7, 11) is -3.62. The Morgan fingerprint density at radius 3 is 1.45 bits per heavy atom. The second-order valence-corrected chi connectivity index (χ2v) is 26.3. The van der Waals surface area contributed by atoms with Crippen molar-refractivity contribution in [1.82, 2.24) is 0 Å². The predicted molar refractivity (Wildman–Crippen MR) is 113 cm³/mol. The van der Waals surface area contributed by atoms with Crippen LogP contribution in [0.25, 0.3) is 9.75 Å². The van der Waals surface area contributed by atoms with E-state index in [1.54, 1.807) is 18.8 Å². The van der Waals surface area contributed by atoms with E-state index >= 15 is 0 Å². The van der Waals surface area contributed by atoms with Gasteiger partial charge in [-0.1, -0.05) is 57.8 Å². The molecule has 0 aromatic carbocycles. The zero-order valence-electron chi connectivity index (χ0n) is 14.6. The molecule has 2 aliphatic rings. The van der Waals surface area contributed by atoms with E-state index in [4.69, 9.17) is 0 Å². The van der Waals surface area contributed by atoms with Gasteiger partial charge in [-0.25, -0.2) is 0 Å². The number of hydrogen-bond donors (Lipinski definition) is 0. The monoisotopic (exact) mass is 378 g/mol. The summed E-state index contributed by atoms with van der Waals surface area (Å²) in [6.07, 6.45) is 1.47. The second kappa shape index (κ2) is 4.57. The predicted octanol–water partition coefficient (Wildman–Crippen LogP) is 3.85. The largest absolute Gasteiger partial charge is 0.144 e. The van der Waals surface area contributed by atoms with Gasteiger partial charge in [0.25, 0.3) is 0 Å². The van der Waals surface area contributed by atoms with Crippen LogP contribution in [0, 0.1) is 0 Å². The van der Waals surface area contributed by atoms with Gasteiger partial charge >= 0.3 is 0 Å². The van der Waals surface area contributed by atoms with Gasteiger partial charge in [-0.05, 0) is 31.5 Å². The summed E-state index contributed by atoms with van der Waals surface area (Å²) in [5.41, 5.74) is 0. The lowest BCUT2D eigenvalue weighted by Gasteiger charge is -2.37. The van der Waals surface area contributed by atoms with Crippen molar-refractivity contribution < 1.29 is 0 Å². The number of fused-ring (bicyclic) bond motifs is 5.